The molecular formula is C17H14N2O4. The van der Waals surface area contributed by atoms with Crippen LogP contribution in [0.4, 0.5) is 0 Å². The van der Waals surface area contributed by atoms with Gasteiger partial charge in [0.05, 0.1) is 17.9 Å². The smallest absolute Gasteiger partial charge is 0.336 e. The van der Waals surface area contributed by atoms with Crippen LogP contribution in [0.1, 0.15) is 16.1 Å². The molecule has 1 heterocycles. The summed E-state index contributed by atoms with van der Waals surface area (Å²) in [5.41, 5.74) is 0.977. The van der Waals surface area contributed by atoms with E-state index in [1.54, 1.807) is 43.5 Å². The van der Waals surface area contributed by atoms with Gasteiger partial charge in [0.1, 0.15) is 12.1 Å². The molecule has 0 bridgehead atoms. The summed E-state index contributed by atoms with van der Waals surface area (Å²) in [5.74, 6) is 0.0205. The fraction of sp³-hybridized carbons (Fsp3) is 0.118. The van der Waals surface area contributed by atoms with E-state index in [2.05, 4.69) is 9.97 Å². The third-order valence-electron chi connectivity index (χ3n) is 3.30. The van der Waals surface area contributed by atoms with Gasteiger partial charge in [-0.1, -0.05) is 12.1 Å². The molecule has 0 aliphatic carbocycles. The van der Waals surface area contributed by atoms with E-state index in [9.17, 15) is 9.90 Å². The number of hydrogen-bond donors (Lipinski definition) is 1. The molecule has 1 N–H and O–H groups in total. The minimum Gasteiger partial charge on any atom is -0.478 e. The van der Waals surface area contributed by atoms with Gasteiger partial charge in [-0.2, -0.15) is 0 Å². The highest BCUT2D eigenvalue weighted by Crippen LogP contribution is 2.26. The number of aromatic carboxylic acids is 1. The first-order valence-corrected chi connectivity index (χ1v) is 6.91. The summed E-state index contributed by atoms with van der Waals surface area (Å²) in [6, 6.07) is 12.0. The number of methoxy groups -OCH3 is 1. The van der Waals surface area contributed by atoms with E-state index in [1.165, 1.54) is 6.33 Å². The SMILES string of the molecule is COCc1cc(Oc2ccc3c(C(=O)O)cccc3c2)ncn1. The summed E-state index contributed by atoms with van der Waals surface area (Å²) in [5, 5.41) is 10.7. The summed E-state index contributed by atoms with van der Waals surface area (Å²) in [6.45, 7) is 0.374. The van der Waals surface area contributed by atoms with Gasteiger partial charge in [0.15, 0.2) is 0 Å². The third-order valence-corrected chi connectivity index (χ3v) is 3.30. The number of nitrogens with zero attached hydrogens (tertiary/aromatic N) is 2. The number of carboxylic acids is 1. The zero-order chi connectivity index (χ0) is 16.2. The molecule has 0 amide bonds. The standard InChI is InChI=1S/C17H14N2O4/c1-22-9-12-8-16(19-10-18-12)23-13-5-6-14-11(7-13)3-2-4-15(14)17(20)21/h2-8,10H,9H2,1H3,(H,20,21). The molecule has 116 valence electrons. The van der Waals surface area contributed by atoms with Gasteiger partial charge >= 0.3 is 5.97 Å². The molecule has 0 aliphatic heterocycles. The minimum atomic E-state index is -0.954. The van der Waals surface area contributed by atoms with E-state index in [0.717, 1.165) is 5.39 Å². The van der Waals surface area contributed by atoms with Gasteiger partial charge in [0.2, 0.25) is 5.88 Å². The summed E-state index contributed by atoms with van der Waals surface area (Å²) in [6.07, 6.45) is 1.41. The number of hydrogen-bond acceptors (Lipinski definition) is 5. The van der Waals surface area contributed by atoms with Crippen molar-refractivity contribution in [2.75, 3.05) is 7.11 Å². The quantitative estimate of drug-likeness (QED) is 0.779. The van der Waals surface area contributed by atoms with Crippen molar-refractivity contribution in [3.63, 3.8) is 0 Å². The number of benzene rings is 2. The van der Waals surface area contributed by atoms with E-state index in [1.807, 2.05) is 6.07 Å². The second-order valence-electron chi connectivity index (χ2n) is 4.88. The Labute approximate surface area is 132 Å². The largest absolute Gasteiger partial charge is 0.478 e. The first-order chi connectivity index (χ1) is 11.2. The molecule has 6 nitrogen and oxygen atoms in total. The first kappa shape index (κ1) is 14.9. The average Bonchev–Trinajstić information content (AvgIpc) is 2.54. The minimum absolute atomic E-state index is 0.262. The van der Waals surface area contributed by atoms with Crippen molar-refractivity contribution in [2.45, 2.75) is 6.61 Å². The molecule has 0 spiro atoms. The lowest BCUT2D eigenvalue weighted by molar-refractivity contribution is 0.0699. The van der Waals surface area contributed by atoms with Crippen molar-refractivity contribution >= 4 is 16.7 Å². The lowest BCUT2D eigenvalue weighted by Crippen LogP contribution is -1.97. The molecule has 0 saturated heterocycles. The number of fused-ring (bicyclic) bond motifs is 1. The second kappa shape index (κ2) is 6.41. The predicted octanol–water partition coefficient (Wildman–Crippen LogP) is 3.27. The molecule has 23 heavy (non-hydrogen) atoms. The van der Waals surface area contributed by atoms with Crippen LogP contribution >= 0.6 is 0 Å². The van der Waals surface area contributed by atoms with Crippen LogP contribution in [0.2, 0.25) is 0 Å². The van der Waals surface area contributed by atoms with Gasteiger partial charge in [-0.05, 0) is 35.0 Å². The Balaban J connectivity index is 1.92. The average molecular weight is 310 g/mol. The van der Waals surface area contributed by atoms with Crippen LogP contribution in [0.5, 0.6) is 11.6 Å². The van der Waals surface area contributed by atoms with E-state index in [-0.39, 0.29) is 5.56 Å². The van der Waals surface area contributed by atoms with Crippen LogP contribution < -0.4 is 4.74 Å². The van der Waals surface area contributed by atoms with Gasteiger partial charge in [0.25, 0.3) is 0 Å². The molecule has 0 atom stereocenters. The molecule has 0 aliphatic rings. The van der Waals surface area contributed by atoms with Crippen LogP contribution in [0.3, 0.4) is 0 Å². The maximum absolute atomic E-state index is 11.2. The second-order valence-corrected chi connectivity index (χ2v) is 4.88. The first-order valence-electron chi connectivity index (χ1n) is 6.91. The zero-order valence-electron chi connectivity index (χ0n) is 12.4. The topological polar surface area (TPSA) is 81.5 Å². The van der Waals surface area contributed by atoms with Crippen molar-refractivity contribution in [3.8, 4) is 11.6 Å². The van der Waals surface area contributed by atoms with Crippen molar-refractivity contribution in [2.24, 2.45) is 0 Å². The van der Waals surface area contributed by atoms with Crippen LogP contribution in [-0.2, 0) is 11.3 Å². The van der Waals surface area contributed by atoms with Crippen molar-refractivity contribution in [3.05, 3.63) is 60.0 Å². The van der Waals surface area contributed by atoms with Crippen LogP contribution in [0, 0.1) is 0 Å². The number of ether oxygens (including phenoxy) is 2. The third kappa shape index (κ3) is 3.27. The molecule has 0 fully saturated rings. The summed E-state index contributed by atoms with van der Waals surface area (Å²) < 4.78 is 10.7. The number of carboxylic acid groups (broad SMARTS) is 1. The molecule has 0 saturated carbocycles. The molecular weight excluding hydrogens is 296 g/mol. The molecule has 1 aromatic heterocycles. The Hall–Kier alpha value is -2.99. The Bertz CT molecular complexity index is 864. The number of aromatic nitrogens is 2. The van der Waals surface area contributed by atoms with E-state index < -0.39 is 5.97 Å². The Kier molecular flexibility index (Phi) is 4.16. The maximum atomic E-state index is 11.2. The molecule has 3 aromatic rings. The van der Waals surface area contributed by atoms with Crippen LogP contribution in [0.15, 0.2) is 48.8 Å². The normalized spacial score (nSPS) is 10.7. The van der Waals surface area contributed by atoms with Crippen molar-refractivity contribution in [1.29, 1.82) is 0 Å². The lowest BCUT2D eigenvalue weighted by Gasteiger charge is -2.08. The Morgan fingerprint density at radius 1 is 1.17 bits per heavy atom. The molecule has 2 aromatic carbocycles. The molecule has 6 heteroatoms. The fourth-order valence-electron chi connectivity index (χ4n) is 2.29. The van der Waals surface area contributed by atoms with E-state index in [4.69, 9.17) is 9.47 Å². The maximum Gasteiger partial charge on any atom is 0.336 e. The molecule has 0 unspecified atom stereocenters. The van der Waals surface area contributed by atoms with E-state index in [0.29, 0.717) is 29.3 Å². The van der Waals surface area contributed by atoms with Crippen LogP contribution in [-0.4, -0.2) is 28.2 Å². The van der Waals surface area contributed by atoms with Gasteiger partial charge in [-0.3, -0.25) is 0 Å². The molecule has 3 rings (SSSR count). The lowest BCUT2D eigenvalue weighted by atomic mass is 10.0. The highest BCUT2D eigenvalue weighted by Gasteiger charge is 2.09. The highest BCUT2D eigenvalue weighted by atomic mass is 16.5. The predicted molar refractivity (Wildman–Crippen MR) is 83.7 cm³/mol. The zero-order valence-corrected chi connectivity index (χ0v) is 12.4. The Morgan fingerprint density at radius 3 is 2.83 bits per heavy atom. The highest BCUT2D eigenvalue weighted by molar-refractivity contribution is 6.03. The molecule has 0 radical (unpaired) electrons. The van der Waals surface area contributed by atoms with Crippen molar-refractivity contribution < 1.29 is 19.4 Å². The number of rotatable bonds is 5. The van der Waals surface area contributed by atoms with Crippen molar-refractivity contribution in [1.82, 2.24) is 9.97 Å². The fourth-order valence-corrected chi connectivity index (χ4v) is 2.29. The van der Waals surface area contributed by atoms with Gasteiger partial charge in [-0.15, -0.1) is 0 Å². The van der Waals surface area contributed by atoms with Gasteiger partial charge < -0.3 is 14.6 Å². The summed E-state index contributed by atoms with van der Waals surface area (Å²) in [7, 11) is 1.59. The monoisotopic (exact) mass is 310 g/mol. The van der Waals surface area contributed by atoms with Gasteiger partial charge in [-0.25, -0.2) is 14.8 Å². The van der Waals surface area contributed by atoms with Gasteiger partial charge in [0, 0.05) is 13.2 Å². The number of carbonyl (C=O) groups is 1. The summed E-state index contributed by atoms with van der Waals surface area (Å²) in [4.78, 5) is 19.4. The summed E-state index contributed by atoms with van der Waals surface area (Å²) >= 11 is 0. The van der Waals surface area contributed by atoms with Crippen LogP contribution in [0.25, 0.3) is 10.8 Å². The Morgan fingerprint density at radius 2 is 2.04 bits per heavy atom. The van der Waals surface area contributed by atoms with E-state index >= 15 is 0 Å².